The zero-order valence-electron chi connectivity index (χ0n) is 13.8. The van der Waals surface area contributed by atoms with E-state index in [-0.39, 0.29) is 0 Å². The molecule has 3 heteroatoms. The number of aliphatic hydroxyl groups is 1. The van der Waals surface area contributed by atoms with Gasteiger partial charge in [-0.15, -0.1) is 0 Å². The minimum Gasteiger partial charge on any atom is -0.491 e. The molecule has 0 saturated heterocycles. The smallest absolute Gasteiger partial charge is 0.119 e. The highest BCUT2D eigenvalue weighted by Crippen LogP contribution is 2.12. The number of ether oxygens (including phenoxy) is 1. The van der Waals surface area contributed by atoms with Gasteiger partial charge in [-0.3, -0.25) is 0 Å². The molecule has 1 unspecified atom stereocenters. The molecule has 1 N–H and O–H groups in total. The van der Waals surface area contributed by atoms with Crippen molar-refractivity contribution in [2.75, 3.05) is 26.2 Å². The standard InChI is InChI=1S/C18H31NO2/c1-4-6-11-19(12-7-5-2)14-17(20)15-21-18-10-8-9-16(3)13-18/h8-10,13,17,20H,4-7,11-12,14-15H2,1-3H3. The first-order valence-corrected chi connectivity index (χ1v) is 8.25. The number of hydrogen-bond acceptors (Lipinski definition) is 3. The molecule has 0 spiro atoms. The fourth-order valence-electron chi connectivity index (χ4n) is 2.31. The monoisotopic (exact) mass is 293 g/mol. The molecule has 0 aromatic heterocycles. The predicted molar refractivity (Wildman–Crippen MR) is 88.9 cm³/mol. The van der Waals surface area contributed by atoms with Gasteiger partial charge in [0.2, 0.25) is 0 Å². The van der Waals surface area contributed by atoms with Gasteiger partial charge in [-0.05, 0) is 50.6 Å². The normalized spacial score (nSPS) is 12.6. The lowest BCUT2D eigenvalue weighted by molar-refractivity contribution is 0.0671. The van der Waals surface area contributed by atoms with Crippen LogP contribution >= 0.6 is 0 Å². The predicted octanol–water partition coefficient (Wildman–Crippen LogP) is 3.64. The van der Waals surface area contributed by atoms with Crippen molar-refractivity contribution in [3.05, 3.63) is 29.8 Å². The van der Waals surface area contributed by atoms with Gasteiger partial charge in [-0.1, -0.05) is 38.8 Å². The molecular weight excluding hydrogens is 262 g/mol. The molecule has 0 saturated carbocycles. The molecule has 0 fully saturated rings. The summed E-state index contributed by atoms with van der Waals surface area (Å²) in [6.07, 6.45) is 4.33. The summed E-state index contributed by atoms with van der Waals surface area (Å²) < 4.78 is 5.68. The highest BCUT2D eigenvalue weighted by atomic mass is 16.5. The molecule has 1 atom stereocenters. The van der Waals surface area contributed by atoms with Crippen molar-refractivity contribution < 1.29 is 9.84 Å². The summed E-state index contributed by atoms with van der Waals surface area (Å²) in [5.41, 5.74) is 1.18. The van der Waals surface area contributed by atoms with Crippen LogP contribution in [-0.4, -0.2) is 42.4 Å². The van der Waals surface area contributed by atoms with E-state index in [4.69, 9.17) is 4.74 Å². The Morgan fingerprint density at radius 2 is 1.81 bits per heavy atom. The average Bonchev–Trinajstić information content (AvgIpc) is 2.48. The number of rotatable bonds is 11. The Kier molecular flexibility index (Phi) is 9.11. The van der Waals surface area contributed by atoms with Crippen LogP contribution in [-0.2, 0) is 0 Å². The lowest BCUT2D eigenvalue weighted by atomic mass is 10.2. The van der Waals surface area contributed by atoms with Gasteiger partial charge < -0.3 is 14.7 Å². The van der Waals surface area contributed by atoms with Gasteiger partial charge in [-0.25, -0.2) is 0 Å². The van der Waals surface area contributed by atoms with Crippen LogP contribution < -0.4 is 4.74 Å². The number of benzene rings is 1. The molecule has 0 aliphatic rings. The molecule has 0 amide bonds. The van der Waals surface area contributed by atoms with Gasteiger partial charge >= 0.3 is 0 Å². The molecular formula is C18H31NO2. The summed E-state index contributed by atoms with van der Waals surface area (Å²) in [5.74, 6) is 0.836. The summed E-state index contributed by atoms with van der Waals surface area (Å²) in [4.78, 5) is 2.36. The molecule has 0 aliphatic heterocycles. The summed E-state index contributed by atoms with van der Waals surface area (Å²) in [5, 5.41) is 10.2. The summed E-state index contributed by atoms with van der Waals surface area (Å²) in [7, 11) is 0. The van der Waals surface area contributed by atoms with Gasteiger partial charge in [0.1, 0.15) is 18.5 Å². The molecule has 21 heavy (non-hydrogen) atoms. The van der Waals surface area contributed by atoms with Crippen molar-refractivity contribution in [1.29, 1.82) is 0 Å². The number of nitrogens with zero attached hydrogens (tertiary/aromatic N) is 1. The Morgan fingerprint density at radius 1 is 1.14 bits per heavy atom. The second kappa shape index (κ2) is 10.6. The van der Waals surface area contributed by atoms with E-state index in [1.54, 1.807) is 0 Å². The zero-order valence-corrected chi connectivity index (χ0v) is 13.8. The van der Waals surface area contributed by atoms with E-state index in [1.165, 1.54) is 31.2 Å². The van der Waals surface area contributed by atoms with Gasteiger partial charge in [0.25, 0.3) is 0 Å². The summed E-state index contributed by atoms with van der Waals surface area (Å²) in [6, 6.07) is 7.96. The maximum atomic E-state index is 10.2. The van der Waals surface area contributed by atoms with E-state index in [9.17, 15) is 5.11 Å². The quantitative estimate of drug-likeness (QED) is 0.676. The van der Waals surface area contributed by atoms with Gasteiger partial charge in [0, 0.05) is 6.54 Å². The van der Waals surface area contributed by atoms with Crippen LogP contribution in [0.15, 0.2) is 24.3 Å². The molecule has 120 valence electrons. The van der Waals surface area contributed by atoms with Crippen molar-refractivity contribution in [1.82, 2.24) is 4.90 Å². The van der Waals surface area contributed by atoms with E-state index in [2.05, 4.69) is 18.7 Å². The SMILES string of the molecule is CCCCN(CCCC)CC(O)COc1cccc(C)c1. The molecule has 1 aromatic carbocycles. The van der Waals surface area contributed by atoms with Crippen LogP contribution in [0.2, 0.25) is 0 Å². The van der Waals surface area contributed by atoms with E-state index in [0.717, 1.165) is 18.8 Å². The lowest BCUT2D eigenvalue weighted by Gasteiger charge is -2.25. The van der Waals surface area contributed by atoms with Crippen molar-refractivity contribution in [2.45, 2.75) is 52.6 Å². The summed E-state index contributed by atoms with van der Waals surface area (Å²) in [6.45, 7) is 9.64. The van der Waals surface area contributed by atoms with Crippen LogP contribution in [0.4, 0.5) is 0 Å². The largest absolute Gasteiger partial charge is 0.491 e. The Labute approximate surface area is 129 Å². The highest BCUT2D eigenvalue weighted by molar-refractivity contribution is 5.27. The minimum absolute atomic E-state index is 0.359. The van der Waals surface area contributed by atoms with Gasteiger partial charge in [0.15, 0.2) is 0 Å². The van der Waals surface area contributed by atoms with E-state index >= 15 is 0 Å². The fourth-order valence-corrected chi connectivity index (χ4v) is 2.31. The van der Waals surface area contributed by atoms with Crippen LogP contribution in [0, 0.1) is 6.92 Å². The molecule has 1 aromatic rings. The third kappa shape index (κ3) is 8.08. The number of unbranched alkanes of at least 4 members (excludes halogenated alkanes) is 2. The molecule has 0 bridgehead atoms. The molecule has 0 heterocycles. The fraction of sp³-hybridized carbons (Fsp3) is 0.667. The second-order valence-corrected chi connectivity index (χ2v) is 5.79. The second-order valence-electron chi connectivity index (χ2n) is 5.79. The van der Waals surface area contributed by atoms with Crippen molar-refractivity contribution >= 4 is 0 Å². The first kappa shape index (κ1) is 18.0. The van der Waals surface area contributed by atoms with E-state index in [1.807, 2.05) is 31.2 Å². The van der Waals surface area contributed by atoms with Crippen LogP contribution in [0.25, 0.3) is 0 Å². The average molecular weight is 293 g/mol. The number of aliphatic hydroxyl groups excluding tert-OH is 1. The first-order valence-electron chi connectivity index (χ1n) is 8.25. The zero-order chi connectivity index (χ0) is 15.5. The third-order valence-electron chi connectivity index (χ3n) is 3.56. The topological polar surface area (TPSA) is 32.7 Å². The molecule has 0 aliphatic carbocycles. The first-order chi connectivity index (χ1) is 10.2. The van der Waals surface area contributed by atoms with Crippen molar-refractivity contribution in [3.8, 4) is 5.75 Å². The highest BCUT2D eigenvalue weighted by Gasteiger charge is 2.12. The minimum atomic E-state index is -0.431. The van der Waals surface area contributed by atoms with Crippen LogP contribution in [0.1, 0.15) is 45.1 Å². The molecule has 3 nitrogen and oxygen atoms in total. The van der Waals surface area contributed by atoms with Crippen LogP contribution in [0.5, 0.6) is 5.75 Å². The maximum Gasteiger partial charge on any atom is 0.119 e. The third-order valence-corrected chi connectivity index (χ3v) is 3.56. The Morgan fingerprint density at radius 3 is 2.38 bits per heavy atom. The van der Waals surface area contributed by atoms with Crippen LogP contribution in [0.3, 0.4) is 0 Å². The van der Waals surface area contributed by atoms with Gasteiger partial charge in [-0.2, -0.15) is 0 Å². The lowest BCUT2D eigenvalue weighted by Crippen LogP contribution is -2.36. The number of aryl methyl sites for hydroxylation is 1. The van der Waals surface area contributed by atoms with Gasteiger partial charge in [0.05, 0.1) is 0 Å². The maximum absolute atomic E-state index is 10.2. The van der Waals surface area contributed by atoms with E-state index in [0.29, 0.717) is 13.2 Å². The summed E-state index contributed by atoms with van der Waals surface area (Å²) >= 11 is 0. The Hall–Kier alpha value is -1.06. The van der Waals surface area contributed by atoms with E-state index < -0.39 is 6.10 Å². The number of hydrogen-bond donors (Lipinski definition) is 1. The van der Waals surface area contributed by atoms with Crippen molar-refractivity contribution in [2.24, 2.45) is 0 Å². The molecule has 1 rings (SSSR count). The van der Waals surface area contributed by atoms with Crippen molar-refractivity contribution in [3.63, 3.8) is 0 Å². The molecule has 0 radical (unpaired) electrons. The Balaban J connectivity index is 2.36. The Bertz CT molecular complexity index is 373.